The number of nitrogens with one attached hydrogen (secondary N) is 1. The highest BCUT2D eigenvalue weighted by molar-refractivity contribution is 7.10. The van der Waals surface area contributed by atoms with Gasteiger partial charge in [-0.25, -0.2) is 9.59 Å². The van der Waals surface area contributed by atoms with E-state index in [0.717, 1.165) is 9.78 Å². The molecule has 11 heteroatoms. The minimum atomic E-state index is -1.11. The zero-order valence-corrected chi connectivity index (χ0v) is 16.1. The van der Waals surface area contributed by atoms with E-state index in [1.807, 2.05) is 11.4 Å². The Kier molecular flexibility index (Phi) is 4.46. The fraction of sp³-hybridized carbons (Fsp3) is 0.278. The van der Waals surface area contributed by atoms with E-state index in [-0.39, 0.29) is 36.7 Å². The SMILES string of the molecule is CC1(c2cccs2)NC(=O)N(CCCn2c(=O)oc3ccc([N+](=O)[O-])cc32)C1=O. The third kappa shape index (κ3) is 3.09. The van der Waals surface area contributed by atoms with Gasteiger partial charge in [-0.05, 0) is 30.9 Å². The third-order valence-corrected chi connectivity index (χ3v) is 6.01. The zero-order chi connectivity index (χ0) is 20.8. The van der Waals surface area contributed by atoms with Gasteiger partial charge < -0.3 is 9.73 Å². The van der Waals surface area contributed by atoms with Crippen molar-refractivity contribution in [2.75, 3.05) is 6.54 Å². The van der Waals surface area contributed by atoms with Crippen molar-refractivity contribution in [1.29, 1.82) is 0 Å². The lowest BCUT2D eigenvalue weighted by atomic mass is 10.0. The Bertz CT molecular complexity index is 1180. The van der Waals surface area contributed by atoms with Crippen LogP contribution in [0.4, 0.5) is 10.5 Å². The number of thiophene rings is 1. The number of hydrogen-bond donors (Lipinski definition) is 1. The molecule has 3 aromatic rings. The topological polar surface area (TPSA) is 128 Å². The molecule has 1 fully saturated rings. The van der Waals surface area contributed by atoms with Crippen LogP contribution in [0, 0.1) is 10.1 Å². The average Bonchev–Trinajstić information content (AvgIpc) is 3.36. The fourth-order valence-corrected chi connectivity index (χ4v) is 4.23. The molecule has 29 heavy (non-hydrogen) atoms. The number of amides is 3. The number of rotatable bonds is 6. The first-order chi connectivity index (χ1) is 13.8. The van der Waals surface area contributed by atoms with E-state index in [0.29, 0.717) is 5.52 Å². The number of hydrogen-bond acceptors (Lipinski definition) is 7. The lowest BCUT2D eigenvalue weighted by Gasteiger charge is -2.20. The van der Waals surface area contributed by atoms with Crippen molar-refractivity contribution in [1.82, 2.24) is 14.8 Å². The lowest BCUT2D eigenvalue weighted by Crippen LogP contribution is -2.40. The van der Waals surface area contributed by atoms with Crippen LogP contribution in [0.1, 0.15) is 18.2 Å². The van der Waals surface area contributed by atoms with Gasteiger partial charge in [0.1, 0.15) is 0 Å². The van der Waals surface area contributed by atoms with Gasteiger partial charge in [0.2, 0.25) is 0 Å². The number of fused-ring (bicyclic) bond motifs is 1. The van der Waals surface area contributed by atoms with Gasteiger partial charge in [0.25, 0.3) is 11.6 Å². The van der Waals surface area contributed by atoms with Crippen LogP contribution in [0.25, 0.3) is 11.1 Å². The minimum Gasteiger partial charge on any atom is -0.408 e. The molecule has 10 nitrogen and oxygen atoms in total. The Hall–Kier alpha value is -3.47. The monoisotopic (exact) mass is 416 g/mol. The van der Waals surface area contributed by atoms with Gasteiger partial charge in [0.05, 0.1) is 10.4 Å². The second kappa shape index (κ2) is 6.85. The first-order valence-corrected chi connectivity index (χ1v) is 9.65. The summed E-state index contributed by atoms with van der Waals surface area (Å²) in [6.07, 6.45) is 0.289. The van der Waals surface area contributed by atoms with Gasteiger partial charge in [0.15, 0.2) is 11.1 Å². The molecule has 150 valence electrons. The third-order valence-electron chi connectivity index (χ3n) is 4.91. The number of oxazole rings is 1. The van der Waals surface area contributed by atoms with Gasteiger partial charge in [-0.15, -0.1) is 11.3 Å². The number of aryl methyl sites for hydroxylation is 1. The van der Waals surface area contributed by atoms with Crippen molar-refractivity contribution in [3.63, 3.8) is 0 Å². The van der Waals surface area contributed by atoms with Crippen molar-refractivity contribution in [3.05, 3.63) is 61.3 Å². The van der Waals surface area contributed by atoms with E-state index in [1.165, 1.54) is 34.1 Å². The highest BCUT2D eigenvalue weighted by Gasteiger charge is 2.49. The molecule has 1 aromatic carbocycles. The van der Waals surface area contributed by atoms with Crippen molar-refractivity contribution in [3.8, 4) is 0 Å². The van der Waals surface area contributed by atoms with Crippen LogP contribution < -0.4 is 11.1 Å². The Balaban J connectivity index is 1.51. The molecule has 4 rings (SSSR count). The summed E-state index contributed by atoms with van der Waals surface area (Å²) in [6.45, 7) is 1.89. The Labute approximate surface area is 167 Å². The van der Waals surface area contributed by atoms with E-state index < -0.39 is 22.2 Å². The highest BCUT2D eigenvalue weighted by Crippen LogP contribution is 2.32. The van der Waals surface area contributed by atoms with E-state index in [2.05, 4.69) is 5.32 Å². The summed E-state index contributed by atoms with van der Waals surface area (Å²) in [4.78, 5) is 49.5. The van der Waals surface area contributed by atoms with Crippen LogP contribution in [0.2, 0.25) is 0 Å². The maximum atomic E-state index is 12.8. The van der Waals surface area contributed by atoms with E-state index in [9.17, 15) is 24.5 Å². The second-order valence-corrected chi connectivity index (χ2v) is 7.72. The van der Waals surface area contributed by atoms with Gasteiger partial charge in [-0.3, -0.25) is 24.4 Å². The molecule has 3 heterocycles. The molecule has 1 N–H and O–H groups in total. The van der Waals surface area contributed by atoms with E-state index in [1.54, 1.807) is 13.0 Å². The summed E-state index contributed by atoms with van der Waals surface area (Å²) in [7, 11) is 0. The molecule has 3 amide bonds. The molecule has 0 bridgehead atoms. The van der Waals surface area contributed by atoms with Gasteiger partial charge in [0, 0.05) is 30.1 Å². The second-order valence-electron chi connectivity index (χ2n) is 6.77. The molecular formula is C18H16N4O6S. The summed E-state index contributed by atoms with van der Waals surface area (Å²) in [5, 5.41) is 15.5. The van der Waals surface area contributed by atoms with Crippen molar-refractivity contribution >= 4 is 40.1 Å². The number of benzene rings is 1. The number of aromatic nitrogens is 1. The number of carbonyl (C=O) groups excluding carboxylic acids is 2. The molecular weight excluding hydrogens is 400 g/mol. The standard InChI is InChI=1S/C18H16N4O6S/c1-18(14-4-2-9-29-14)15(23)21(16(24)19-18)8-3-7-20-12-10-11(22(26)27)5-6-13(12)28-17(20)25/h2,4-6,9-10H,3,7-8H2,1H3,(H,19,24). The van der Waals surface area contributed by atoms with Crippen LogP contribution in [-0.4, -0.2) is 32.9 Å². The van der Waals surface area contributed by atoms with Crippen molar-refractivity contribution in [2.24, 2.45) is 0 Å². The van der Waals surface area contributed by atoms with Crippen LogP contribution in [0.5, 0.6) is 0 Å². The number of carbonyl (C=O) groups is 2. The normalized spacial score (nSPS) is 19.1. The number of nitro groups is 1. The van der Waals surface area contributed by atoms with Crippen LogP contribution >= 0.6 is 11.3 Å². The van der Waals surface area contributed by atoms with Gasteiger partial charge in [-0.2, -0.15) is 0 Å². The summed E-state index contributed by atoms with van der Waals surface area (Å²) in [5.41, 5.74) is -0.732. The smallest absolute Gasteiger partial charge is 0.408 e. The maximum Gasteiger partial charge on any atom is 0.419 e. The van der Waals surface area contributed by atoms with Crippen molar-refractivity contribution < 1.29 is 18.9 Å². The summed E-state index contributed by atoms with van der Waals surface area (Å²) >= 11 is 1.38. The number of nitro benzene ring substituents is 1. The molecule has 0 radical (unpaired) electrons. The van der Waals surface area contributed by atoms with Crippen LogP contribution in [0.3, 0.4) is 0 Å². The first kappa shape index (κ1) is 18.9. The van der Waals surface area contributed by atoms with E-state index >= 15 is 0 Å². The largest absolute Gasteiger partial charge is 0.419 e. The summed E-state index contributed by atoms with van der Waals surface area (Å²) < 4.78 is 6.37. The quantitative estimate of drug-likeness (QED) is 0.373. The van der Waals surface area contributed by atoms with Crippen molar-refractivity contribution in [2.45, 2.75) is 25.4 Å². The molecule has 0 aliphatic carbocycles. The lowest BCUT2D eigenvalue weighted by molar-refractivity contribution is -0.384. The molecule has 1 aliphatic heterocycles. The Morgan fingerprint density at radius 2 is 2.03 bits per heavy atom. The molecule has 2 aromatic heterocycles. The maximum absolute atomic E-state index is 12.8. The van der Waals surface area contributed by atoms with Crippen LogP contribution in [-0.2, 0) is 16.9 Å². The fourth-order valence-electron chi connectivity index (χ4n) is 3.39. The number of non-ortho nitro benzene ring substituents is 1. The Morgan fingerprint density at radius 1 is 1.24 bits per heavy atom. The van der Waals surface area contributed by atoms with Crippen LogP contribution in [0.15, 0.2) is 44.9 Å². The van der Waals surface area contributed by atoms with E-state index in [4.69, 9.17) is 4.42 Å². The zero-order valence-electron chi connectivity index (χ0n) is 15.3. The average molecular weight is 416 g/mol. The molecule has 0 spiro atoms. The first-order valence-electron chi connectivity index (χ1n) is 8.77. The molecule has 1 atom stereocenters. The minimum absolute atomic E-state index is 0.0969. The molecule has 1 aliphatic rings. The number of nitrogens with zero attached hydrogens (tertiary/aromatic N) is 3. The summed E-state index contributed by atoms with van der Waals surface area (Å²) in [5.74, 6) is -1.01. The predicted octanol–water partition coefficient (Wildman–Crippen LogP) is 2.42. The number of urea groups is 1. The highest BCUT2D eigenvalue weighted by atomic mass is 32.1. The van der Waals surface area contributed by atoms with Gasteiger partial charge >= 0.3 is 11.8 Å². The molecule has 0 saturated carbocycles. The number of imide groups is 1. The summed E-state index contributed by atoms with van der Waals surface area (Å²) in [6, 6.07) is 7.00. The van der Waals surface area contributed by atoms with Gasteiger partial charge in [-0.1, -0.05) is 6.07 Å². The predicted molar refractivity (Wildman–Crippen MR) is 104 cm³/mol. The molecule has 1 saturated heterocycles. The Morgan fingerprint density at radius 3 is 2.72 bits per heavy atom. The molecule has 1 unspecified atom stereocenters.